The molecule has 0 saturated heterocycles. The zero-order valence-electron chi connectivity index (χ0n) is 16.1. The van der Waals surface area contributed by atoms with Crippen LogP contribution in [0, 0.1) is 11.3 Å². The van der Waals surface area contributed by atoms with E-state index in [0.29, 0.717) is 24.2 Å². The van der Waals surface area contributed by atoms with Gasteiger partial charge in [-0.15, -0.1) is 0 Å². The lowest BCUT2D eigenvalue weighted by atomic mass is 9.85. The van der Waals surface area contributed by atoms with E-state index < -0.39 is 0 Å². The fraction of sp³-hybridized carbons (Fsp3) is 0.409. The topological polar surface area (TPSA) is 89.6 Å². The van der Waals surface area contributed by atoms with Crippen molar-refractivity contribution < 1.29 is 0 Å². The highest BCUT2D eigenvalue weighted by Gasteiger charge is 2.27. The highest BCUT2D eigenvalue weighted by atomic mass is 16.1. The molecule has 1 saturated carbocycles. The molecule has 2 heterocycles. The molecule has 1 unspecified atom stereocenters. The SMILES string of the molecule is CCn1ccc2nc(C3CCC[C@@H](N)C3)n(Cc3ccccc3C#N)c2c1=O. The van der Waals surface area contributed by atoms with Gasteiger partial charge in [-0.2, -0.15) is 5.26 Å². The maximum atomic E-state index is 13.1. The van der Waals surface area contributed by atoms with Crippen molar-refractivity contribution in [3.63, 3.8) is 0 Å². The van der Waals surface area contributed by atoms with Crippen LogP contribution in [0.25, 0.3) is 11.0 Å². The average Bonchev–Trinajstić information content (AvgIpc) is 3.08. The zero-order chi connectivity index (χ0) is 19.7. The van der Waals surface area contributed by atoms with Crippen LogP contribution in [-0.4, -0.2) is 20.2 Å². The van der Waals surface area contributed by atoms with Gasteiger partial charge in [0.2, 0.25) is 0 Å². The first kappa shape index (κ1) is 18.5. The van der Waals surface area contributed by atoms with Crippen molar-refractivity contribution in [2.75, 3.05) is 0 Å². The monoisotopic (exact) mass is 375 g/mol. The van der Waals surface area contributed by atoms with Gasteiger partial charge in [0.05, 0.1) is 23.7 Å². The molecule has 6 nitrogen and oxygen atoms in total. The molecule has 144 valence electrons. The minimum Gasteiger partial charge on any atom is -0.328 e. The summed E-state index contributed by atoms with van der Waals surface area (Å²) in [6.07, 6.45) is 5.82. The smallest absolute Gasteiger partial charge is 0.276 e. The van der Waals surface area contributed by atoms with Crippen molar-refractivity contribution in [1.29, 1.82) is 5.26 Å². The van der Waals surface area contributed by atoms with Gasteiger partial charge in [0.1, 0.15) is 11.3 Å². The van der Waals surface area contributed by atoms with Crippen molar-refractivity contribution >= 4 is 11.0 Å². The summed E-state index contributed by atoms with van der Waals surface area (Å²) >= 11 is 0. The predicted molar refractivity (Wildman–Crippen MR) is 109 cm³/mol. The summed E-state index contributed by atoms with van der Waals surface area (Å²) in [5.74, 6) is 1.16. The van der Waals surface area contributed by atoms with Crippen LogP contribution in [0.2, 0.25) is 0 Å². The largest absolute Gasteiger partial charge is 0.328 e. The van der Waals surface area contributed by atoms with E-state index >= 15 is 0 Å². The first-order valence-electron chi connectivity index (χ1n) is 9.95. The summed E-state index contributed by atoms with van der Waals surface area (Å²) in [6, 6.07) is 11.9. The molecule has 28 heavy (non-hydrogen) atoms. The Balaban J connectivity index is 1.91. The molecule has 1 aliphatic carbocycles. The Morgan fingerprint density at radius 3 is 2.86 bits per heavy atom. The average molecular weight is 375 g/mol. The third kappa shape index (κ3) is 3.23. The number of rotatable bonds is 4. The van der Waals surface area contributed by atoms with E-state index in [1.807, 2.05) is 48.0 Å². The lowest BCUT2D eigenvalue weighted by molar-refractivity contribution is 0.376. The summed E-state index contributed by atoms with van der Waals surface area (Å²) in [5, 5.41) is 9.49. The van der Waals surface area contributed by atoms with Crippen LogP contribution in [0.1, 0.15) is 55.5 Å². The summed E-state index contributed by atoms with van der Waals surface area (Å²) in [4.78, 5) is 18.0. The number of hydrogen-bond acceptors (Lipinski definition) is 4. The molecule has 0 aliphatic heterocycles. The summed E-state index contributed by atoms with van der Waals surface area (Å²) in [7, 11) is 0. The van der Waals surface area contributed by atoms with Crippen LogP contribution in [0.15, 0.2) is 41.3 Å². The maximum Gasteiger partial charge on any atom is 0.276 e. The van der Waals surface area contributed by atoms with Gasteiger partial charge in [-0.3, -0.25) is 4.79 Å². The Kier molecular flexibility index (Phi) is 5.01. The molecule has 1 aromatic carbocycles. The van der Waals surface area contributed by atoms with Gasteiger partial charge in [0, 0.05) is 24.7 Å². The minimum absolute atomic E-state index is 0.0340. The van der Waals surface area contributed by atoms with Crippen molar-refractivity contribution in [2.45, 2.75) is 57.7 Å². The number of fused-ring (bicyclic) bond motifs is 1. The van der Waals surface area contributed by atoms with E-state index in [2.05, 4.69) is 6.07 Å². The highest BCUT2D eigenvalue weighted by Crippen LogP contribution is 2.33. The number of imidazole rings is 1. The normalized spacial score (nSPS) is 19.6. The van der Waals surface area contributed by atoms with Crippen LogP contribution in [0.4, 0.5) is 0 Å². The molecule has 2 aromatic heterocycles. The van der Waals surface area contributed by atoms with Gasteiger partial charge in [-0.05, 0) is 43.9 Å². The predicted octanol–water partition coefficient (Wildman–Crippen LogP) is 3.12. The number of hydrogen-bond donors (Lipinski definition) is 1. The molecule has 0 amide bonds. The van der Waals surface area contributed by atoms with Gasteiger partial charge in [-0.1, -0.05) is 24.6 Å². The Morgan fingerprint density at radius 1 is 1.29 bits per heavy atom. The zero-order valence-corrected chi connectivity index (χ0v) is 16.1. The molecule has 0 bridgehead atoms. The van der Waals surface area contributed by atoms with Crippen LogP contribution < -0.4 is 11.3 Å². The molecule has 0 spiro atoms. The molecule has 2 atom stereocenters. The number of nitrogens with two attached hydrogens (primary N) is 1. The standard InChI is InChI=1S/C22H25N5O/c1-2-26-11-10-19-20(22(26)28)27(14-17-7-4-3-6-16(17)13-23)21(25-19)15-8-5-9-18(24)12-15/h3-4,6-7,10-11,15,18H,2,5,8-9,12,14,24H2,1H3/t15?,18-/m1/s1. The Bertz CT molecular complexity index is 1100. The van der Waals surface area contributed by atoms with E-state index in [4.69, 9.17) is 10.7 Å². The van der Waals surface area contributed by atoms with E-state index in [9.17, 15) is 10.1 Å². The third-order valence-electron chi connectivity index (χ3n) is 5.79. The number of pyridine rings is 1. The quantitative estimate of drug-likeness (QED) is 0.759. The maximum absolute atomic E-state index is 13.1. The molecule has 4 rings (SSSR count). The lowest BCUT2D eigenvalue weighted by Gasteiger charge is -2.26. The number of aryl methyl sites for hydroxylation is 1. The van der Waals surface area contributed by atoms with E-state index in [0.717, 1.165) is 42.6 Å². The van der Waals surface area contributed by atoms with Gasteiger partial charge in [0.25, 0.3) is 5.56 Å². The summed E-state index contributed by atoms with van der Waals surface area (Å²) in [5.41, 5.74) is 9.07. The van der Waals surface area contributed by atoms with Crippen LogP contribution in [-0.2, 0) is 13.1 Å². The first-order valence-corrected chi connectivity index (χ1v) is 9.95. The summed E-state index contributed by atoms with van der Waals surface area (Å²) < 4.78 is 3.73. The Morgan fingerprint density at radius 2 is 2.11 bits per heavy atom. The fourth-order valence-electron chi connectivity index (χ4n) is 4.32. The van der Waals surface area contributed by atoms with Gasteiger partial charge < -0.3 is 14.9 Å². The van der Waals surface area contributed by atoms with E-state index in [1.165, 1.54) is 0 Å². The van der Waals surface area contributed by atoms with E-state index in [1.54, 1.807) is 4.57 Å². The number of nitriles is 1. The number of aromatic nitrogens is 3. The second-order valence-corrected chi connectivity index (χ2v) is 7.59. The van der Waals surface area contributed by atoms with Gasteiger partial charge in [0.15, 0.2) is 0 Å². The minimum atomic E-state index is -0.0340. The number of nitrogens with zero attached hydrogens (tertiary/aromatic N) is 4. The third-order valence-corrected chi connectivity index (χ3v) is 5.79. The second kappa shape index (κ2) is 7.61. The molecule has 1 aliphatic rings. The first-order chi connectivity index (χ1) is 13.6. The fourth-order valence-corrected chi connectivity index (χ4v) is 4.32. The molecule has 0 radical (unpaired) electrons. The lowest BCUT2D eigenvalue weighted by Crippen LogP contribution is -2.28. The van der Waals surface area contributed by atoms with Crippen LogP contribution in [0.5, 0.6) is 0 Å². The molecule has 2 N–H and O–H groups in total. The van der Waals surface area contributed by atoms with Crippen molar-refractivity contribution in [2.24, 2.45) is 5.73 Å². The number of benzene rings is 1. The van der Waals surface area contributed by atoms with E-state index in [-0.39, 0.29) is 17.5 Å². The van der Waals surface area contributed by atoms with Crippen LogP contribution >= 0.6 is 0 Å². The highest BCUT2D eigenvalue weighted by molar-refractivity contribution is 5.75. The summed E-state index contributed by atoms with van der Waals surface area (Å²) in [6.45, 7) is 3.03. The molecule has 6 heteroatoms. The van der Waals surface area contributed by atoms with Crippen molar-refractivity contribution in [3.8, 4) is 6.07 Å². The Labute approximate surface area is 164 Å². The van der Waals surface area contributed by atoms with Crippen molar-refractivity contribution in [1.82, 2.24) is 14.1 Å². The molecular weight excluding hydrogens is 350 g/mol. The van der Waals surface area contributed by atoms with Crippen molar-refractivity contribution in [3.05, 3.63) is 63.8 Å². The Hall–Kier alpha value is -2.91. The molecule has 3 aromatic rings. The van der Waals surface area contributed by atoms with Crippen LogP contribution in [0.3, 0.4) is 0 Å². The second-order valence-electron chi connectivity index (χ2n) is 7.59. The molecular formula is C22H25N5O. The van der Waals surface area contributed by atoms with Gasteiger partial charge in [-0.25, -0.2) is 4.98 Å². The van der Waals surface area contributed by atoms with Gasteiger partial charge >= 0.3 is 0 Å². The molecule has 1 fully saturated rings.